The fourth-order valence-corrected chi connectivity index (χ4v) is 5.20. The van der Waals surface area contributed by atoms with Gasteiger partial charge < -0.3 is 0 Å². The molecule has 4 aromatic carbocycles. The summed E-state index contributed by atoms with van der Waals surface area (Å²) in [6, 6.07) is 38.2. The molecule has 0 fully saturated rings. The molecule has 1 aliphatic carbocycles. The molecule has 0 bridgehead atoms. The van der Waals surface area contributed by atoms with Crippen LogP contribution in [0.5, 0.6) is 0 Å². The Kier molecular flexibility index (Phi) is 4.89. The summed E-state index contributed by atoms with van der Waals surface area (Å²) in [6.07, 6.45) is 0. The molecule has 0 N–H and O–H groups in total. The summed E-state index contributed by atoms with van der Waals surface area (Å²) in [5, 5.41) is 0. The first kappa shape index (κ1) is 21.4. The number of benzene rings is 4. The molecule has 0 amide bonds. The molecule has 35 heavy (non-hydrogen) atoms. The van der Waals surface area contributed by atoms with Crippen LogP contribution < -0.4 is 0 Å². The van der Waals surface area contributed by atoms with E-state index >= 15 is 0 Å². The van der Waals surface area contributed by atoms with E-state index in [2.05, 4.69) is 112 Å². The molecule has 5 aromatic rings. The molecular weight excluding hydrogens is 426 g/mol. The highest BCUT2D eigenvalue weighted by atomic mass is 15.1. The largest absolute Gasteiger partial charge is 0.216 e. The Bertz CT molecular complexity index is 1470. The molecule has 170 valence electrons. The van der Waals surface area contributed by atoms with Crippen LogP contribution >= 0.6 is 0 Å². The van der Waals surface area contributed by atoms with Gasteiger partial charge in [-0.25, -0.2) is 15.0 Å². The Labute approximate surface area is 206 Å². The molecule has 1 heterocycles. The highest BCUT2D eigenvalue weighted by Crippen LogP contribution is 2.55. The van der Waals surface area contributed by atoms with Crippen LogP contribution in [0.1, 0.15) is 49.1 Å². The maximum Gasteiger partial charge on any atom is 0.163 e. The lowest BCUT2D eigenvalue weighted by molar-refractivity contribution is 0.528. The maximum absolute atomic E-state index is 5.24. The van der Waals surface area contributed by atoms with Crippen molar-refractivity contribution in [1.29, 1.82) is 0 Å². The fraction of sp³-hybridized carbons (Fsp3) is 0.156. The Morgan fingerprint density at radius 1 is 0.543 bits per heavy atom. The third-order valence-electron chi connectivity index (χ3n) is 6.83. The Balaban J connectivity index is 1.77. The Morgan fingerprint density at radius 3 is 1.63 bits per heavy atom. The number of rotatable bonds is 3. The van der Waals surface area contributed by atoms with E-state index in [9.17, 15) is 0 Å². The van der Waals surface area contributed by atoms with E-state index in [0.717, 1.165) is 22.8 Å². The Hall–Kier alpha value is -4.11. The van der Waals surface area contributed by atoms with Crippen LogP contribution in [0, 0.1) is 0 Å². The van der Waals surface area contributed by atoms with Crippen molar-refractivity contribution in [2.45, 2.75) is 31.6 Å². The minimum absolute atomic E-state index is 0.239. The van der Waals surface area contributed by atoms with Crippen molar-refractivity contribution >= 4 is 0 Å². The van der Waals surface area contributed by atoms with Gasteiger partial charge in [-0.05, 0) is 27.8 Å². The van der Waals surface area contributed by atoms with Gasteiger partial charge in [0.2, 0.25) is 0 Å². The van der Waals surface area contributed by atoms with Crippen LogP contribution in [-0.4, -0.2) is 15.0 Å². The summed E-state index contributed by atoms with van der Waals surface area (Å²) in [7, 11) is 0. The van der Waals surface area contributed by atoms with Gasteiger partial charge in [0, 0.05) is 11.0 Å². The van der Waals surface area contributed by atoms with Crippen molar-refractivity contribution < 1.29 is 0 Å². The summed E-state index contributed by atoms with van der Waals surface area (Å²) < 4.78 is 0. The van der Waals surface area contributed by atoms with Crippen LogP contribution in [0.3, 0.4) is 0 Å². The van der Waals surface area contributed by atoms with Crippen LogP contribution in [0.25, 0.3) is 22.5 Å². The van der Waals surface area contributed by atoms with Gasteiger partial charge in [-0.15, -0.1) is 0 Å². The summed E-state index contributed by atoms with van der Waals surface area (Å²) in [5.41, 5.74) is 6.14. The van der Waals surface area contributed by atoms with Crippen LogP contribution in [0.15, 0.2) is 109 Å². The third-order valence-corrected chi connectivity index (χ3v) is 6.83. The molecule has 0 saturated heterocycles. The molecule has 1 aliphatic rings. The normalized spacial score (nSPS) is 13.8. The molecule has 0 atom stereocenters. The average molecular weight is 454 g/mol. The molecule has 0 radical (unpaired) electrons. The van der Waals surface area contributed by atoms with Gasteiger partial charge in [-0.2, -0.15) is 0 Å². The average Bonchev–Trinajstić information content (AvgIpc) is 3.20. The monoisotopic (exact) mass is 453 g/mol. The molecule has 0 aliphatic heterocycles. The number of hydrogen-bond donors (Lipinski definition) is 0. The van der Waals surface area contributed by atoms with Crippen molar-refractivity contribution in [3.63, 3.8) is 0 Å². The van der Waals surface area contributed by atoms with E-state index < -0.39 is 5.41 Å². The fourth-order valence-electron chi connectivity index (χ4n) is 5.20. The van der Waals surface area contributed by atoms with Crippen molar-refractivity contribution in [3.8, 4) is 22.5 Å². The summed E-state index contributed by atoms with van der Waals surface area (Å²) in [6.45, 7) is 6.48. The third kappa shape index (κ3) is 3.30. The number of fused-ring (bicyclic) bond motifs is 3. The summed E-state index contributed by atoms with van der Waals surface area (Å²) in [4.78, 5) is 15.4. The topological polar surface area (TPSA) is 38.7 Å². The lowest BCUT2D eigenvalue weighted by Crippen LogP contribution is -2.33. The van der Waals surface area contributed by atoms with Crippen LogP contribution in [-0.2, 0) is 10.8 Å². The Morgan fingerprint density at radius 2 is 1.06 bits per heavy atom. The van der Waals surface area contributed by atoms with Gasteiger partial charge in [0.25, 0.3) is 0 Å². The SMILES string of the molecule is CC(C)(C)c1nc(-c2ccccc2)nc(C2(c3ccccc3)c3ccccc3-c3ccccc32)n1. The minimum Gasteiger partial charge on any atom is -0.216 e. The standard InChI is InChI=1S/C32H27N3/c1-31(2,3)29-33-28(22-14-6-4-7-15-22)34-30(35-29)32(23-16-8-5-9-17-23)26-20-12-10-18-24(26)25-19-11-13-21-27(25)32/h4-21H,1-3H3. The van der Waals surface area contributed by atoms with E-state index in [-0.39, 0.29) is 5.41 Å². The van der Waals surface area contributed by atoms with Crippen molar-refractivity contribution in [3.05, 3.63) is 138 Å². The van der Waals surface area contributed by atoms with Gasteiger partial charge >= 0.3 is 0 Å². The number of hydrogen-bond acceptors (Lipinski definition) is 3. The molecule has 0 saturated carbocycles. The maximum atomic E-state index is 5.24. The van der Waals surface area contributed by atoms with Gasteiger partial charge in [0.15, 0.2) is 11.6 Å². The molecule has 6 rings (SSSR count). The summed E-state index contributed by atoms with van der Waals surface area (Å²) in [5.74, 6) is 2.26. The molecule has 3 heteroatoms. The number of nitrogens with zero attached hydrogens (tertiary/aromatic N) is 3. The van der Waals surface area contributed by atoms with Crippen molar-refractivity contribution in [1.82, 2.24) is 15.0 Å². The van der Waals surface area contributed by atoms with E-state index in [1.54, 1.807) is 0 Å². The first-order valence-corrected chi connectivity index (χ1v) is 12.1. The zero-order chi connectivity index (χ0) is 24.0. The minimum atomic E-state index is -0.638. The highest BCUT2D eigenvalue weighted by Gasteiger charge is 2.48. The van der Waals surface area contributed by atoms with E-state index in [1.165, 1.54) is 22.3 Å². The van der Waals surface area contributed by atoms with Crippen molar-refractivity contribution in [2.24, 2.45) is 0 Å². The molecule has 0 unspecified atom stereocenters. The molecule has 1 aromatic heterocycles. The van der Waals surface area contributed by atoms with Crippen molar-refractivity contribution in [2.75, 3.05) is 0 Å². The smallest absolute Gasteiger partial charge is 0.163 e. The van der Waals surface area contributed by atoms with Gasteiger partial charge in [-0.1, -0.05) is 130 Å². The van der Waals surface area contributed by atoms with Crippen LogP contribution in [0.4, 0.5) is 0 Å². The van der Waals surface area contributed by atoms with E-state index in [0.29, 0.717) is 5.82 Å². The molecule has 3 nitrogen and oxygen atoms in total. The predicted octanol–water partition coefficient (Wildman–Crippen LogP) is 7.20. The zero-order valence-electron chi connectivity index (χ0n) is 20.2. The number of aromatic nitrogens is 3. The zero-order valence-corrected chi connectivity index (χ0v) is 20.2. The van der Waals surface area contributed by atoms with E-state index in [1.807, 2.05) is 18.2 Å². The molecule has 0 spiro atoms. The second-order valence-electron chi connectivity index (χ2n) is 10.1. The second-order valence-corrected chi connectivity index (χ2v) is 10.1. The first-order chi connectivity index (χ1) is 17.0. The lowest BCUT2D eigenvalue weighted by atomic mass is 9.71. The lowest BCUT2D eigenvalue weighted by Gasteiger charge is -2.32. The van der Waals surface area contributed by atoms with Crippen LogP contribution in [0.2, 0.25) is 0 Å². The summed E-state index contributed by atoms with van der Waals surface area (Å²) >= 11 is 0. The predicted molar refractivity (Wildman–Crippen MR) is 141 cm³/mol. The first-order valence-electron chi connectivity index (χ1n) is 12.1. The second kappa shape index (κ2) is 7.99. The van der Waals surface area contributed by atoms with Gasteiger partial charge in [-0.3, -0.25) is 0 Å². The molecular formula is C32H27N3. The highest BCUT2D eigenvalue weighted by molar-refractivity contribution is 5.85. The van der Waals surface area contributed by atoms with Gasteiger partial charge in [0.05, 0.1) is 0 Å². The van der Waals surface area contributed by atoms with Gasteiger partial charge in [0.1, 0.15) is 11.2 Å². The van der Waals surface area contributed by atoms with E-state index in [4.69, 9.17) is 15.0 Å². The quantitative estimate of drug-likeness (QED) is 0.284.